The molecule has 0 fully saturated rings. The number of benzene rings is 2. The molecule has 0 saturated heterocycles. The van der Waals surface area contributed by atoms with Gasteiger partial charge in [-0.3, -0.25) is 9.59 Å². The van der Waals surface area contributed by atoms with Gasteiger partial charge in [0, 0.05) is 23.2 Å². The SMILES string of the molecule is O=C(NCCn1nc(-c2ccc(F)cc2)ccc1=O)c1cc(Cl)ccc1Cl. The Morgan fingerprint density at radius 1 is 1.07 bits per heavy atom. The molecule has 0 bridgehead atoms. The van der Waals surface area contributed by atoms with Crippen molar-refractivity contribution in [3.8, 4) is 11.3 Å². The normalized spacial score (nSPS) is 10.6. The summed E-state index contributed by atoms with van der Waals surface area (Å²) in [7, 11) is 0. The van der Waals surface area contributed by atoms with E-state index in [2.05, 4.69) is 10.4 Å². The molecule has 0 unspecified atom stereocenters. The van der Waals surface area contributed by atoms with Crippen molar-refractivity contribution in [1.29, 1.82) is 0 Å². The maximum Gasteiger partial charge on any atom is 0.266 e. The summed E-state index contributed by atoms with van der Waals surface area (Å²) in [6.45, 7) is 0.333. The first kappa shape index (κ1) is 19.1. The van der Waals surface area contributed by atoms with Crippen LogP contribution >= 0.6 is 23.2 Å². The predicted octanol–water partition coefficient (Wildman–Crippen LogP) is 3.79. The summed E-state index contributed by atoms with van der Waals surface area (Å²) in [5.74, 6) is -0.750. The summed E-state index contributed by atoms with van der Waals surface area (Å²) in [5, 5.41) is 7.62. The second kappa shape index (κ2) is 8.33. The Morgan fingerprint density at radius 3 is 2.56 bits per heavy atom. The fraction of sp³-hybridized carbons (Fsp3) is 0.105. The van der Waals surface area contributed by atoms with Crippen LogP contribution in [0.15, 0.2) is 59.4 Å². The summed E-state index contributed by atoms with van der Waals surface area (Å²) in [6, 6.07) is 13.3. The van der Waals surface area contributed by atoms with Crippen LogP contribution in [0.5, 0.6) is 0 Å². The van der Waals surface area contributed by atoms with Crippen molar-refractivity contribution in [3.63, 3.8) is 0 Å². The van der Waals surface area contributed by atoms with Crippen molar-refractivity contribution in [3.05, 3.63) is 86.4 Å². The van der Waals surface area contributed by atoms with E-state index in [9.17, 15) is 14.0 Å². The number of nitrogens with one attached hydrogen (secondary N) is 1. The first-order valence-corrected chi connectivity index (χ1v) is 8.77. The molecule has 138 valence electrons. The highest BCUT2D eigenvalue weighted by Crippen LogP contribution is 2.20. The Morgan fingerprint density at radius 2 is 1.81 bits per heavy atom. The number of carbonyl (C=O) groups is 1. The highest BCUT2D eigenvalue weighted by Gasteiger charge is 2.11. The maximum absolute atomic E-state index is 13.0. The second-order valence-electron chi connectivity index (χ2n) is 5.67. The van der Waals surface area contributed by atoms with Crippen molar-refractivity contribution in [2.45, 2.75) is 6.54 Å². The van der Waals surface area contributed by atoms with E-state index < -0.39 is 5.91 Å². The Kier molecular flexibility index (Phi) is 5.88. The molecular weight excluding hydrogens is 392 g/mol. The monoisotopic (exact) mass is 405 g/mol. The van der Waals surface area contributed by atoms with Crippen LogP contribution in [-0.4, -0.2) is 22.2 Å². The number of carbonyl (C=O) groups excluding carboxylic acids is 1. The van der Waals surface area contributed by atoms with Crippen molar-refractivity contribution in [1.82, 2.24) is 15.1 Å². The zero-order chi connectivity index (χ0) is 19.4. The number of amides is 1. The van der Waals surface area contributed by atoms with E-state index in [1.807, 2.05) is 0 Å². The number of halogens is 3. The Hall–Kier alpha value is -2.70. The maximum atomic E-state index is 13.0. The van der Waals surface area contributed by atoms with Crippen LogP contribution in [0.1, 0.15) is 10.4 Å². The second-order valence-corrected chi connectivity index (χ2v) is 6.51. The summed E-state index contributed by atoms with van der Waals surface area (Å²) < 4.78 is 14.3. The third-order valence-electron chi connectivity index (χ3n) is 3.79. The zero-order valence-electron chi connectivity index (χ0n) is 14.0. The van der Waals surface area contributed by atoms with Gasteiger partial charge in [-0.25, -0.2) is 9.07 Å². The molecule has 2 aromatic carbocycles. The van der Waals surface area contributed by atoms with Gasteiger partial charge < -0.3 is 5.32 Å². The molecule has 0 aliphatic heterocycles. The van der Waals surface area contributed by atoms with E-state index in [0.717, 1.165) is 0 Å². The lowest BCUT2D eigenvalue weighted by Crippen LogP contribution is -2.32. The van der Waals surface area contributed by atoms with Gasteiger partial charge in [-0.1, -0.05) is 23.2 Å². The van der Waals surface area contributed by atoms with Gasteiger partial charge >= 0.3 is 0 Å². The van der Waals surface area contributed by atoms with Crippen LogP contribution in [0, 0.1) is 5.82 Å². The molecule has 0 atom stereocenters. The van der Waals surface area contributed by atoms with Gasteiger partial charge in [0.25, 0.3) is 11.5 Å². The lowest BCUT2D eigenvalue weighted by Gasteiger charge is -2.09. The van der Waals surface area contributed by atoms with Crippen LogP contribution in [0.25, 0.3) is 11.3 Å². The molecule has 3 aromatic rings. The van der Waals surface area contributed by atoms with Crippen LogP contribution in [0.2, 0.25) is 10.0 Å². The Labute approximate surface area is 164 Å². The average molecular weight is 406 g/mol. The lowest BCUT2D eigenvalue weighted by atomic mass is 10.1. The van der Waals surface area contributed by atoms with Gasteiger partial charge in [-0.2, -0.15) is 5.10 Å². The van der Waals surface area contributed by atoms with Crippen molar-refractivity contribution >= 4 is 29.1 Å². The molecule has 0 spiro atoms. The molecule has 0 aliphatic carbocycles. The first-order valence-electron chi connectivity index (χ1n) is 8.01. The lowest BCUT2D eigenvalue weighted by molar-refractivity contribution is 0.0952. The van der Waals surface area contributed by atoms with Crippen molar-refractivity contribution in [2.24, 2.45) is 0 Å². The highest BCUT2D eigenvalue weighted by atomic mass is 35.5. The molecule has 5 nitrogen and oxygen atoms in total. The summed E-state index contributed by atoms with van der Waals surface area (Å²) in [4.78, 5) is 24.2. The number of rotatable bonds is 5. The molecule has 8 heteroatoms. The minimum Gasteiger partial charge on any atom is -0.350 e. The molecule has 1 heterocycles. The van der Waals surface area contributed by atoms with E-state index in [1.54, 1.807) is 24.3 Å². The number of hydrogen-bond acceptors (Lipinski definition) is 3. The number of hydrogen-bond donors (Lipinski definition) is 1. The minimum absolute atomic E-state index is 0.164. The molecule has 1 N–H and O–H groups in total. The third kappa shape index (κ3) is 4.72. The third-order valence-corrected chi connectivity index (χ3v) is 4.35. The molecule has 27 heavy (non-hydrogen) atoms. The van der Waals surface area contributed by atoms with Crippen molar-refractivity contribution in [2.75, 3.05) is 6.54 Å². The highest BCUT2D eigenvalue weighted by molar-refractivity contribution is 6.35. The van der Waals surface area contributed by atoms with E-state index in [0.29, 0.717) is 16.3 Å². The molecule has 1 amide bonds. The summed E-state index contributed by atoms with van der Waals surface area (Å²) in [6.07, 6.45) is 0. The minimum atomic E-state index is -0.398. The summed E-state index contributed by atoms with van der Waals surface area (Å²) >= 11 is 11.9. The summed E-state index contributed by atoms with van der Waals surface area (Å²) in [5.41, 5.74) is 1.15. The van der Waals surface area contributed by atoms with Gasteiger partial charge in [-0.15, -0.1) is 0 Å². The first-order chi connectivity index (χ1) is 12.9. The number of aromatic nitrogens is 2. The smallest absolute Gasteiger partial charge is 0.266 e. The van der Waals surface area contributed by atoms with Gasteiger partial charge in [0.15, 0.2) is 0 Å². The van der Waals surface area contributed by atoms with E-state index in [-0.39, 0.29) is 35.1 Å². The van der Waals surface area contributed by atoms with Gasteiger partial charge in [0.2, 0.25) is 0 Å². The van der Waals surface area contributed by atoms with E-state index >= 15 is 0 Å². The van der Waals surface area contributed by atoms with Crippen molar-refractivity contribution < 1.29 is 9.18 Å². The van der Waals surface area contributed by atoms with E-state index in [1.165, 1.54) is 35.0 Å². The van der Waals surface area contributed by atoms with Crippen LogP contribution in [0.3, 0.4) is 0 Å². The Balaban J connectivity index is 1.70. The quantitative estimate of drug-likeness (QED) is 0.702. The molecule has 1 aromatic heterocycles. The zero-order valence-corrected chi connectivity index (χ0v) is 15.5. The van der Waals surface area contributed by atoms with Gasteiger partial charge in [0.05, 0.1) is 22.8 Å². The molecule has 0 saturated carbocycles. The number of nitrogens with zero attached hydrogens (tertiary/aromatic N) is 2. The fourth-order valence-electron chi connectivity index (χ4n) is 2.43. The molecule has 3 rings (SSSR count). The largest absolute Gasteiger partial charge is 0.350 e. The topological polar surface area (TPSA) is 64.0 Å². The van der Waals surface area contributed by atoms with Gasteiger partial charge in [-0.05, 0) is 48.5 Å². The fourth-order valence-corrected chi connectivity index (χ4v) is 2.80. The molecule has 0 radical (unpaired) electrons. The standard InChI is InChI=1S/C19H14Cl2FN3O2/c20-13-3-6-16(21)15(11-13)19(27)23-9-10-25-18(26)8-7-17(24-25)12-1-4-14(22)5-2-12/h1-8,11H,9-10H2,(H,23,27). The van der Waals surface area contributed by atoms with Gasteiger partial charge in [0.1, 0.15) is 5.82 Å². The Bertz CT molecular complexity index is 1040. The van der Waals surface area contributed by atoms with Crippen LogP contribution in [-0.2, 0) is 6.54 Å². The predicted molar refractivity (Wildman–Crippen MR) is 103 cm³/mol. The molecule has 0 aliphatic rings. The van der Waals surface area contributed by atoms with E-state index in [4.69, 9.17) is 23.2 Å². The average Bonchev–Trinajstić information content (AvgIpc) is 2.66. The molecular formula is C19H14Cl2FN3O2. The van der Waals surface area contributed by atoms with Crippen LogP contribution < -0.4 is 10.9 Å². The van der Waals surface area contributed by atoms with Crippen LogP contribution in [0.4, 0.5) is 4.39 Å².